The van der Waals surface area contributed by atoms with Gasteiger partial charge in [0.1, 0.15) is 0 Å². The Kier molecular flexibility index (Phi) is 5.32. The van der Waals surface area contributed by atoms with Gasteiger partial charge < -0.3 is 10.1 Å². The first-order chi connectivity index (χ1) is 12.6. The summed E-state index contributed by atoms with van der Waals surface area (Å²) in [5.41, 5.74) is 2.30. The molecule has 3 rings (SSSR count). The van der Waals surface area contributed by atoms with Crippen molar-refractivity contribution in [2.24, 2.45) is 0 Å². The Hall–Kier alpha value is -3.14. The lowest BCUT2D eigenvalue weighted by Crippen LogP contribution is -2.30. The number of hydrogen-bond acceptors (Lipinski definition) is 3. The van der Waals surface area contributed by atoms with Crippen molar-refractivity contribution in [1.82, 2.24) is 0 Å². The summed E-state index contributed by atoms with van der Waals surface area (Å²) < 4.78 is 5.31. The van der Waals surface area contributed by atoms with Crippen LogP contribution in [0.3, 0.4) is 0 Å². The first kappa shape index (κ1) is 17.7. The lowest BCUT2D eigenvalue weighted by molar-refractivity contribution is -0.123. The van der Waals surface area contributed by atoms with Gasteiger partial charge in [0, 0.05) is 5.69 Å². The molecule has 0 unspecified atom stereocenters. The highest BCUT2D eigenvalue weighted by Gasteiger charge is 2.19. The van der Waals surface area contributed by atoms with E-state index in [1.165, 1.54) is 5.56 Å². The SMILES string of the molecule is CCc1ccc(NC(=O)[C@H](C)OC(=O)c2ccc3ccccc3c2)cc1. The van der Waals surface area contributed by atoms with Crippen molar-refractivity contribution < 1.29 is 14.3 Å². The molecule has 0 heterocycles. The zero-order valence-electron chi connectivity index (χ0n) is 14.9. The summed E-state index contributed by atoms with van der Waals surface area (Å²) in [7, 11) is 0. The minimum absolute atomic E-state index is 0.358. The van der Waals surface area contributed by atoms with Gasteiger partial charge in [-0.25, -0.2) is 4.79 Å². The molecule has 0 saturated heterocycles. The number of anilines is 1. The molecule has 0 spiro atoms. The van der Waals surface area contributed by atoms with Crippen LogP contribution in [0.15, 0.2) is 66.7 Å². The minimum Gasteiger partial charge on any atom is -0.449 e. The standard InChI is InChI=1S/C22H21NO3/c1-3-16-8-12-20(13-9-16)23-21(24)15(2)26-22(25)19-11-10-17-6-4-5-7-18(17)14-19/h4-15H,3H2,1-2H3,(H,23,24)/t15-/m0/s1. The molecule has 132 valence electrons. The molecule has 0 aliphatic heterocycles. The highest BCUT2D eigenvalue weighted by molar-refractivity contribution is 5.99. The lowest BCUT2D eigenvalue weighted by Gasteiger charge is -2.14. The predicted octanol–water partition coefficient (Wildman–Crippen LogP) is 4.59. The zero-order chi connectivity index (χ0) is 18.5. The summed E-state index contributed by atoms with van der Waals surface area (Å²) in [5, 5.41) is 4.76. The number of hydrogen-bond donors (Lipinski definition) is 1. The molecule has 3 aromatic rings. The number of amides is 1. The number of ether oxygens (including phenoxy) is 1. The third-order valence-electron chi connectivity index (χ3n) is 4.27. The van der Waals surface area contributed by atoms with Crippen LogP contribution in [0.5, 0.6) is 0 Å². The summed E-state index contributed by atoms with van der Waals surface area (Å²) in [4.78, 5) is 24.6. The summed E-state index contributed by atoms with van der Waals surface area (Å²) in [6, 6.07) is 20.7. The fourth-order valence-corrected chi connectivity index (χ4v) is 2.67. The molecule has 0 aliphatic rings. The van der Waals surface area contributed by atoms with Crippen LogP contribution in [0.2, 0.25) is 0 Å². The van der Waals surface area contributed by atoms with Gasteiger partial charge in [0.25, 0.3) is 5.91 Å². The summed E-state index contributed by atoms with van der Waals surface area (Å²) in [6.45, 7) is 3.64. The van der Waals surface area contributed by atoms with Crippen LogP contribution < -0.4 is 5.32 Å². The summed E-state index contributed by atoms with van der Waals surface area (Å²) in [6.07, 6.45) is 0.0494. The Bertz CT molecular complexity index is 932. The molecule has 4 nitrogen and oxygen atoms in total. The van der Waals surface area contributed by atoms with Gasteiger partial charge in [-0.15, -0.1) is 0 Å². The first-order valence-corrected chi connectivity index (χ1v) is 8.66. The molecule has 0 fully saturated rings. The fourth-order valence-electron chi connectivity index (χ4n) is 2.67. The number of aryl methyl sites for hydroxylation is 1. The van der Waals surface area contributed by atoms with Gasteiger partial charge in [-0.05, 0) is 53.9 Å². The van der Waals surface area contributed by atoms with Crippen LogP contribution in [-0.4, -0.2) is 18.0 Å². The molecule has 26 heavy (non-hydrogen) atoms. The van der Waals surface area contributed by atoms with E-state index in [2.05, 4.69) is 12.2 Å². The van der Waals surface area contributed by atoms with E-state index in [4.69, 9.17) is 4.74 Å². The second-order valence-electron chi connectivity index (χ2n) is 6.15. The molecule has 0 bridgehead atoms. The van der Waals surface area contributed by atoms with Crippen molar-refractivity contribution in [2.75, 3.05) is 5.32 Å². The van der Waals surface area contributed by atoms with Crippen LogP contribution in [0.1, 0.15) is 29.8 Å². The molecule has 0 aromatic heterocycles. The minimum atomic E-state index is -0.889. The lowest BCUT2D eigenvalue weighted by atomic mass is 10.1. The zero-order valence-corrected chi connectivity index (χ0v) is 14.9. The van der Waals surface area contributed by atoms with Gasteiger partial charge in [0.05, 0.1) is 5.56 Å². The van der Waals surface area contributed by atoms with Crippen molar-refractivity contribution in [3.8, 4) is 0 Å². The molecular weight excluding hydrogens is 326 g/mol. The van der Waals surface area contributed by atoms with Gasteiger partial charge >= 0.3 is 5.97 Å². The van der Waals surface area contributed by atoms with Crippen molar-refractivity contribution in [2.45, 2.75) is 26.4 Å². The van der Waals surface area contributed by atoms with Crippen LogP contribution in [-0.2, 0) is 16.0 Å². The third-order valence-corrected chi connectivity index (χ3v) is 4.27. The van der Waals surface area contributed by atoms with E-state index in [1.54, 1.807) is 19.1 Å². The maximum absolute atomic E-state index is 12.3. The number of nitrogens with one attached hydrogen (secondary N) is 1. The van der Waals surface area contributed by atoms with E-state index in [0.29, 0.717) is 11.3 Å². The average Bonchev–Trinajstić information content (AvgIpc) is 2.68. The van der Waals surface area contributed by atoms with E-state index in [1.807, 2.05) is 54.6 Å². The highest BCUT2D eigenvalue weighted by Crippen LogP contribution is 2.17. The Balaban J connectivity index is 1.64. The number of fused-ring (bicyclic) bond motifs is 1. The topological polar surface area (TPSA) is 55.4 Å². The normalized spacial score (nSPS) is 11.8. The Morgan fingerprint density at radius 1 is 0.962 bits per heavy atom. The molecule has 3 aromatic carbocycles. The first-order valence-electron chi connectivity index (χ1n) is 8.66. The van der Waals surface area contributed by atoms with Gasteiger partial charge in [-0.2, -0.15) is 0 Å². The average molecular weight is 347 g/mol. The molecule has 1 atom stereocenters. The fraction of sp³-hybridized carbons (Fsp3) is 0.182. The summed E-state index contributed by atoms with van der Waals surface area (Å²) >= 11 is 0. The van der Waals surface area contributed by atoms with E-state index in [0.717, 1.165) is 17.2 Å². The number of rotatable bonds is 5. The molecule has 4 heteroatoms. The van der Waals surface area contributed by atoms with E-state index in [9.17, 15) is 9.59 Å². The highest BCUT2D eigenvalue weighted by atomic mass is 16.5. The maximum atomic E-state index is 12.3. The molecule has 1 amide bonds. The number of carbonyl (C=O) groups is 2. The third kappa shape index (κ3) is 4.09. The monoisotopic (exact) mass is 347 g/mol. The molecule has 0 radical (unpaired) electrons. The van der Waals surface area contributed by atoms with Crippen molar-refractivity contribution in [3.63, 3.8) is 0 Å². The predicted molar refractivity (Wildman–Crippen MR) is 103 cm³/mol. The molecular formula is C22H21NO3. The van der Waals surface area contributed by atoms with Crippen molar-refractivity contribution in [3.05, 3.63) is 77.9 Å². The van der Waals surface area contributed by atoms with E-state index < -0.39 is 12.1 Å². The van der Waals surface area contributed by atoms with Crippen LogP contribution in [0.4, 0.5) is 5.69 Å². The van der Waals surface area contributed by atoms with Crippen molar-refractivity contribution >= 4 is 28.3 Å². The van der Waals surface area contributed by atoms with Crippen LogP contribution in [0, 0.1) is 0 Å². The van der Waals surface area contributed by atoms with Crippen LogP contribution in [0.25, 0.3) is 10.8 Å². The van der Waals surface area contributed by atoms with Crippen LogP contribution >= 0.6 is 0 Å². The maximum Gasteiger partial charge on any atom is 0.338 e. The van der Waals surface area contributed by atoms with Gasteiger partial charge in [-0.3, -0.25) is 4.79 Å². The summed E-state index contributed by atoms with van der Waals surface area (Å²) in [5.74, 6) is -0.872. The van der Waals surface area contributed by atoms with E-state index >= 15 is 0 Å². The van der Waals surface area contributed by atoms with Gasteiger partial charge in [0.15, 0.2) is 6.10 Å². The second-order valence-corrected chi connectivity index (χ2v) is 6.15. The molecule has 0 aliphatic carbocycles. The smallest absolute Gasteiger partial charge is 0.338 e. The number of benzene rings is 3. The van der Waals surface area contributed by atoms with Crippen molar-refractivity contribution in [1.29, 1.82) is 0 Å². The Morgan fingerprint density at radius 2 is 1.65 bits per heavy atom. The number of esters is 1. The van der Waals surface area contributed by atoms with Gasteiger partial charge in [-0.1, -0.05) is 49.4 Å². The van der Waals surface area contributed by atoms with E-state index in [-0.39, 0.29) is 5.91 Å². The quantitative estimate of drug-likeness (QED) is 0.687. The Morgan fingerprint density at radius 3 is 2.35 bits per heavy atom. The molecule has 1 N–H and O–H groups in total. The second kappa shape index (κ2) is 7.83. The van der Waals surface area contributed by atoms with Gasteiger partial charge in [0.2, 0.25) is 0 Å². The number of carbonyl (C=O) groups excluding carboxylic acids is 2. The molecule has 0 saturated carbocycles. The Labute approximate surface area is 152 Å². The largest absolute Gasteiger partial charge is 0.449 e.